The van der Waals surface area contributed by atoms with E-state index in [1.807, 2.05) is 54.6 Å². The van der Waals surface area contributed by atoms with Crippen molar-refractivity contribution in [3.05, 3.63) is 88.7 Å². The van der Waals surface area contributed by atoms with E-state index in [-0.39, 0.29) is 13.2 Å². The highest BCUT2D eigenvalue weighted by Crippen LogP contribution is 2.41. The normalized spacial score (nSPS) is 11.0. The van der Waals surface area contributed by atoms with Gasteiger partial charge in [-0.2, -0.15) is 0 Å². The van der Waals surface area contributed by atoms with E-state index in [1.165, 1.54) is 0 Å². The average Bonchev–Trinajstić information content (AvgIpc) is 2.81. The summed E-state index contributed by atoms with van der Waals surface area (Å²) >= 11 is 6.14. The van der Waals surface area contributed by atoms with E-state index >= 15 is 0 Å². The zero-order chi connectivity index (χ0) is 21.8. The van der Waals surface area contributed by atoms with Crippen LogP contribution in [0.2, 0.25) is 5.15 Å². The van der Waals surface area contributed by atoms with Gasteiger partial charge in [0.1, 0.15) is 11.8 Å². The minimum atomic E-state index is -0.229. The van der Waals surface area contributed by atoms with Crippen molar-refractivity contribution in [3.8, 4) is 22.6 Å². The van der Waals surface area contributed by atoms with Crippen molar-refractivity contribution in [1.29, 1.82) is 0 Å². The molecular formula is C25H22ClNO4. The molecule has 31 heavy (non-hydrogen) atoms. The first-order valence-electron chi connectivity index (χ1n) is 9.81. The summed E-state index contributed by atoms with van der Waals surface area (Å²) in [5, 5.41) is 22.1. The maximum absolute atomic E-state index is 10.1. The Morgan fingerprint density at radius 3 is 2.42 bits per heavy atom. The highest BCUT2D eigenvalue weighted by Gasteiger charge is 2.18. The number of ether oxygens (including phenoxy) is 2. The minimum Gasteiger partial charge on any atom is -0.493 e. The Kier molecular flexibility index (Phi) is 6.37. The van der Waals surface area contributed by atoms with Crippen LogP contribution in [0.5, 0.6) is 11.5 Å². The Morgan fingerprint density at radius 2 is 1.74 bits per heavy atom. The molecule has 0 radical (unpaired) electrons. The molecular weight excluding hydrogens is 414 g/mol. The van der Waals surface area contributed by atoms with Gasteiger partial charge in [-0.3, -0.25) is 0 Å². The second-order valence-electron chi connectivity index (χ2n) is 7.07. The van der Waals surface area contributed by atoms with Crippen molar-refractivity contribution in [2.75, 3.05) is 7.11 Å². The van der Waals surface area contributed by atoms with E-state index in [0.717, 1.165) is 27.5 Å². The van der Waals surface area contributed by atoms with Crippen LogP contribution < -0.4 is 9.47 Å². The molecule has 0 amide bonds. The molecule has 2 N–H and O–H groups in total. The number of methoxy groups -OCH3 is 1. The van der Waals surface area contributed by atoms with E-state index in [2.05, 4.69) is 4.98 Å². The summed E-state index contributed by atoms with van der Waals surface area (Å²) in [5.41, 5.74) is 3.89. The molecule has 1 aromatic heterocycles. The Balaban J connectivity index is 1.92. The van der Waals surface area contributed by atoms with E-state index < -0.39 is 0 Å². The lowest BCUT2D eigenvalue weighted by molar-refractivity contribution is 0.260. The lowest BCUT2D eigenvalue weighted by atomic mass is 9.90. The van der Waals surface area contributed by atoms with Crippen LogP contribution in [-0.2, 0) is 19.8 Å². The first-order chi connectivity index (χ1) is 15.1. The lowest BCUT2D eigenvalue weighted by Gasteiger charge is -2.19. The van der Waals surface area contributed by atoms with E-state index in [1.54, 1.807) is 19.4 Å². The van der Waals surface area contributed by atoms with Gasteiger partial charge in [0, 0.05) is 6.20 Å². The number of aromatic nitrogens is 1. The molecule has 0 aliphatic heterocycles. The Bertz CT molecular complexity index is 1210. The van der Waals surface area contributed by atoms with E-state index in [9.17, 15) is 10.2 Å². The van der Waals surface area contributed by atoms with Gasteiger partial charge in [-0.15, -0.1) is 0 Å². The third kappa shape index (κ3) is 4.35. The average molecular weight is 436 g/mol. The fourth-order valence-corrected chi connectivity index (χ4v) is 3.90. The van der Waals surface area contributed by atoms with Crippen molar-refractivity contribution < 1.29 is 19.7 Å². The highest BCUT2D eigenvalue weighted by molar-refractivity contribution is 6.29. The maximum atomic E-state index is 10.1. The van der Waals surface area contributed by atoms with Crippen molar-refractivity contribution >= 4 is 22.4 Å². The Hall–Kier alpha value is -3.12. The SMILES string of the molecule is COc1cc2cc(CO)c(CO)c(-c3ccnc(Cl)c3)c2cc1OCc1ccccc1. The predicted octanol–water partition coefficient (Wildman–Crippen LogP) is 5.13. The van der Waals surface area contributed by atoms with E-state index in [4.69, 9.17) is 21.1 Å². The van der Waals surface area contributed by atoms with Gasteiger partial charge in [0.15, 0.2) is 11.5 Å². The van der Waals surface area contributed by atoms with Crippen LogP contribution in [0.1, 0.15) is 16.7 Å². The molecule has 0 aliphatic rings. The topological polar surface area (TPSA) is 71.8 Å². The third-order valence-electron chi connectivity index (χ3n) is 5.21. The van der Waals surface area contributed by atoms with Crippen molar-refractivity contribution in [1.82, 2.24) is 4.98 Å². The first-order valence-corrected chi connectivity index (χ1v) is 10.2. The number of rotatable bonds is 7. The summed E-state index contributed by atoms with van der Waals surface area (Å²) in [6.45, 7) is -0.0414. The van der Waals surface area contributed by atoms with Crippen LogP contribution >= 0.6 is 11.6 Å². The van der Waals surface area contributed by atoms with Crippen LogP contribution in [-0.4, -0.2) is 22.3 Å². The molecule has 0 aliphatic carbocycles. The molecule has 4 aromatic rings. The summed E-state index contributed by atoms with van der Waals surface area (Å²) in [4.78, 5) is 4.06. The maximum Gasteiger partial charge on any atom is 0.162 e. The molecule has 0 bridgehead atoms. The highest BCUT2D eigenvalue weighted by atomic mass is 35.5. The van der Waals surface area contributed by atoms with Crippen LogP contribution in [0.3, 0.4) is 0 Å². The molecule has 4 rings (SSSR count). The van der Waals surface area contributed by atoms with Crippen molar-refractivity contribution in [2.24, 2.45) is 0 Å². The van der Waals surface area contributed by atoms with Gasteiger partial charge in [0.2, 0.25) is 0 Å². The fourth-order valence-electron chi connectivity index (χ4n) is 3.73. The molecule has 0 atom stereocenters. The molecule has 3 aromatic carbocycles. The van der Waals surface area contributed by atoms with Gasteiger partial charge in [-0.05, 0) is 68.9 Å². The molecule has 1 heterocycles. The molecule has 0 unspecified atom stereocenters. The van der Waals surface area contributed by atoms with Crippen LogP contribution in [0, 0.1) is 0 Å². The number of nitrogens with zero attached hydrogens (tertiary/aromatic N) is 1. The molecule has 0 saturated heterocycles. The largest absolute Gasteiger partial charge is 0.493 e. The number of aliphatic hydroxyl groups is 2. The number of hydrogen-bond donors (Lipinski definition) is 2. The van der Waals surface area contributed by atoms with E-state index in [0.29, 0.717) is 34.4 Å². The summed E-state index contributed by atoms with van der Waals surface area (Å²) in [6.07, 6.45) is 1.62. The number of hydrogen-bond acceptors (Lipinski definition) is 5. The smallest absolute Gasteiger partial charge is 0.162 e. The first kappa shape index (κ1) is 21.1. The predicted molar refractivity (Wildman–Crippen MR) is 121 cm³/mol. The molecule has 158 valence electrons. The zero-order valence-corrected chi connectivity index (χ0v) is 17.8. The number of pyridine rings is 1. The van der Waals surface area contributed by atoms with Crippen LogP contribution in [0.4, 0.5) is 0 Å². The fraction of sp³-hybridized carbons (Fsp3) is 0.160. The molecule has 0 saturated carbocycles. The van der Waals surface area contributed by atoms with Gasteiger partial charge < -0.3 is 19.7 Å². The van der Waals surface area contributed by atoms with Crippen LogP contribution in [0.15, 0.2) is 66.9 Å². The molecule has 6 heteroatoms. The lowest BCUT2D eigenvalue weighted by Crippen LogP contribution is -2.02. The summed E-state index contributed by atoms with van der Waals surface area (Å²) in [7, 11) is 1.59. The summed E-state index contributed by atoms with van der Waals surface area (Å²) in [6, 6.07) is 19.1. The Labute approximate surface area is 185 Å². The van der Waals surface area contributed by atoms with Gasteiger partial charge in [-0.25, -0.2) is 4.98 Å². The summed E-state index contributed by atoms with van der Waals surface area (Å²) < 4.78 is 11.7. The Morgan fingerprint density at radius 1 is 0.935 bits per heavy atom. The van der Waals surface area contributed by atoms with Crippen molar-refractivity contribution in [3.63, 3.8) is 0 Å². The number of fused-ring (bicyclic) bond motifs is 1. The second kappa shape index (κ2) is 9.35. The number of aliphatic hydroxyl groups excluding tert-OH is 2. The third-order valence-corrected chi connectivity index (χ3v) is 5.41. The number of benzene rings is 3. The molecule has 0 fully saturated rings. The standard InChI is InChI=1S/C25H22ClNO4/c1-30-22-10-18-9-19(13-28)21(14-29)25(17-7-8-27-24(26)11-17)20(18)12-23(22)31-15-16-5-3-2-4-6-16/h2-12,28-29H,13-15H2,1H3. The monoisotopic (exact) mass is 435 g/mol. The van der Waals surface area contributed by atoms with Crippen molar-refractivity contribution in [2.45, 2.75) is 19.8 Å². The van der Waals surface area contributed by atoms with Gasteiger partial charge in [0.25, 0.3) is 0 Å². The van der Waals surface area contributed by atoms with Crippen LogP contribution in [0.25, 0.3) is 21.9 Å². The van der Waals surface area contributed by atoms with Gasteiger partial charge in [-0.1, -0.05) is 41.9 Å². The second-order valence-corrected chi connectivity index (χ2v) is 7.46. The molecule has 5 nitrogen and oxygen atoms in total. The quantitative estimate of drug-likeness (QED) is 0.394. The van der Waals surface area contributed by atoms with Gasteiger partial charge in [0.05, 0.1) is 20.3 Å². The van der Waals surface area contributed by atoms with Gasteiger partial charge >= 0.3 is 0 Å². The molecule has 0 spiro atoms. The summed E-state index contributed by atoms with van der Waals surface area (Å²) in [5.74, 6) is 1.17. The minimum absolute atomic E-state index is 0.202. The number of halogens is 1. The zero-order valence-electron chi connectivity index (χ0n) is 17.0.